The Morgan fingerprint density at radius 1 is 1.36 bits per heavy atom. The molecule has 0 bridgehead atoms. The Kier molecular flexibility index (Phi) is 4.87. The van der Waals surface area contributed by atoms with Gasteiger partial charge in [-0.1, -0.05) is 12.1 Å². The smallest absolute Gasteiger partial charge is 0.306 e. The first-order valence-electron chi connectivity index (χ1n) is 6.79. The largest absolute Gasteiger partial charge is 0.343 e. The predicted molar refractivity (Wildman–Crippen MR) is 89.3 cm³/mol. The summed E-state index contributed by atoms with van der Waals surface area (Å²) in [4.78, 5) is 17.0. The first-order chi connectivity index (χ1) is 10.3. The number of aromatic nitrogens is 2. The van der Waals surface area contributed by atoms with Gasteiger partial charge in [-0.15, -0.1) is 0 Å². The van der Waals surface area contributed by atoms with E-state index < -0.39 is 11.6 Å². The lowest BCUT2D eigenvalue weighted by Gasteiger charge is -2.19. The topological polar surface area (TPSA) is 68.2 Å². The van der Waals surface area contributed by atoms with Crippen LogP contribution in [0.3, 0.4) is 0 Å². The van der Waals surface area contributed by atoms with Gasteiger partial charge in [-0.25, -0.2) is 10.3 Å². The average Bonchev–Trinajstić information content (AvgIpc) is 2.75. The van der Waals surface area contributed by atoms with Gasteiger partial charge in [-0.3, -0.25) is 9.52 Å². The highest BCUT2D eigenvalue weighted by Crippen LogP contribution is 2.29. The van der Waals surface area contributed by atoms with Gasteiger partial charge < -0.3 is 5.32 Å². The zero-order chi connectivity index (χ0) is 16.3. The molecule has 1 heterocycles. The van der Waals surface area contributed by atoms with Gasteiger partial charge in [0.05, 0.1) is 22.0 Å². The molecular weight excluding hydrogens is 348 g/mol. The lowest BCUT2D eigenvalue weighted by Crippen LogP contribution is -2.36. The lowest BCUT2D eigenvalue weighted by atomic mass is 10.1. The minimum Gasteiger partial charge on any atom is -0.306 e. The van der Waals surface area contributed by atoms with Gasteiger partial charge in [0.1, 0.15) is 0 Å². The van der Waals surface area contributed by atoms with E-state index in [0.717, 1.165) is 15.7 Å². The quantitative estimate of drug-likeness (QED) is 0.813. The van der Waals surface area contributed by atoms with E-state index in [4.69, 9.17) is 4.84 Å². The van der Waals surface area contributed by atoms with E-state index in [1.165, 1.54) is 0 Å². The van der Waals surface area contributed by atoms with Gasteiger partial charge >= 0.3 is 6.03 Å². The Labute approximate surface area is 137 Å². The number of halogens is 1. The molecule has 0 aliphatic carbocycles. The van der Waals surface area contributed by atoms with Gasteiger partial charge in [0, 0.05) is 18.3 Å². The zero-order valence-corrected chi connectivity index (χ0v) is 14.6. The minimum atomic E-state index is -0.446. The number of aryl methyl sites for hydroxylation is 1. The molecule has 0 aliphatic rings. The fourth-order valence-corrected chi connectivity index (χ4v) is 2.41. The highest BCUT2D eigenvalue weighted by Gasteiger charge is 2.13. The van der Waals surface area contributed by atoms with E-state index in [1.54, 1.807) is 10.9 Å². The number of hydrogen-bond acceptors (Lipinski definition) is 3. The van der Waals surface area contributed by atoms with E-state index in [2.05, 4.69) is 31.8 Å². The monoisotopic (exact) mass is 366 g/mol. The molecule has 0 unspecified atom stereocenters. The molecule has 0 fully saturated rings. The third-order valence-electron chi connectivity index (χ3n) is 2.74. The summed E-state index contributed by atoms with van der Waals surface area (Å²) in [6.07, 6.45) is 1.74. The Hall–Kier alpha value is -1.86. The molecule has 0 atom stereocenters. The van der Waals surface area contributed by atoms with E-state index in [9.17, 15) is 4.79 Å². The van der Waals surface area contributed by atoms with Crippen molar-refractivity contribution in [1.82, 2.24) is 15.3 Å². The number of rotatable bonds is 3. The summed E-state index contributed by atoms with van der Waals surface area (Å²) in [5, 5.41) is 6.93. The molecule has 1 aromatic carbocycles. The second kappa shape index (κ2) is 6.50. The third-order valence-corrected chi connectivity index (χ3v) is 3.32. The van der Waals surface area contributed by atoms with Crippen molar-refractivity contribution in [1.29, 1.82) is 0 Å². The average molecular weight is 367 g/mol. The summed E-state index contributed by atoms with van der Waals surface area (Å²) in [5.74, 6) is 0. The Bertz CT molecular complexity index is 657. The number of urea groups is 1. The van der Waals surface area contributed by atoms with Gasteiger partial charge in [0.15, 0.2) is 0 Å². The standard InChI is InChI=1S/C15H19BrN4O2/c1-15(2,3)22-19-14(21)18-11-7-5-6-10(8-11)13-12(16)9-17-20(13)4/h5-9H,1-4H3,(H2,18,19,21). The maximum atomic E-state index is 11.8. The summed E-state index contributed by atoms with van der Waals surface area (Å²) in [5.41, 5.74) is 4.48. The van der Waals surface area contributed by atoms with E-state index in [-0.39, 0.29) is 0 Å². The maximum Gasteiger partial charge on any atom is 0.343 e. The number of hydrogen-bond donors (Lipinski definition) is 2. The number of nitrogens with one attached hydrogen (secondary N) is 2. The van der Waals surface area contributed by atoms with Crippen LogP contribution in [0.1, 0.15) is 20.8 Å². The van der Waals surface area contributed by atoms with Crippen LogP contribution < -0.4 is 10.8 Å². The molecule has 0 spiro atoms. The van der Waals surface area contributed by atoms with Crippen molar-refractivity contribution in [2.75, 3.05) is 5.32 Å². The van der Waals surface area contributed by atoms with Gasteiger partial charge in [-0.2, -0.15) is 5.10 Å². The second-order valence-electron chi connectivity index (χ2n) is 5.82. The predicted octanol–water partition coefficient (Wildman–Crippen LogP) is 3.70. The molecule has 7 heteroatoms. The molecule has 2 amide bonds. The fraction of sp³-hybridized carbons (Fsp3) is 0.333. The number of nitrogens with zero attached hydrogens (tertiary/aromatic N) is 2. The molecule has 0 saturated heterocycles. The number of carbonyl (C=O) groups is 1. The number of amides is 2. The third kappa shape index (κ3) is 4.32. The summed E-state index contributed by atoms with van der Waals surface area (Å²) >= 11 is 3.47. The van der Waals surface area contributed by atoms with Crippen LogP contribution in [-0.4, -0.2) is 21.4 Å². The van der Waals surface area contributed by atoms with Gasteiger partial charge in [-0.05, 0) is 48.8 Å². The number of hydroxylamine groups is 1. The summed E-state index contributed by atoms with van der Waals surface area (Å²) in [6.45, 7) is 5.56. The fourth-order valence-electron chi connectivity index (χ4n) is 1.84. The minimum absolute atomic E-state index is 0.420. The molecule has 0 radical (unpaired) electrons. The Morgan fingerprint density at radius 3 is 2.68 bits per heavy atom. The molecule has 0 aliphatic heterocycles. The van der Waals surface area contributed by atoms with Crippen molar-refractivity contribution in [3.05, 3.63) is 34.9 Å². The van der Waals surface area contributed by atoms with Crippen LogP contribution in [0.5, 0.6) is 0 Å². The summed E-state index contributed by atoms with van der Waals surface area (Å²) in [6, 6.07) is 7.09. The van der Waals surface area contributed by atoms with Crippen molar-refractivity contribution in [2.45, 2.75) is 26.4 Å². The molecular formula is C15H19BrN4O2. The molecule has 6 nitrogen and oxygen atoms in total. The highest BCUT2D eigenvalue weighted by atomic mass is 79.9. The molecule has 1 aromatic heterocycles. The van der Waals surface area contributed by atoms with Crippen molar-refractivity contribution >= 4 is 27.6 Å². The van der Waals surface area contributed by atoms with Crippen molar-refractivity contribution in [3.63, 3.8) is 0 Å². The van der Waals surface area contributed by atoms with E-state index >= 15 is 0 Å². The van der Waals surface area contributed by atoms with Crippen molar-refractivity contribution < 1.29 is 9.63 Å². The first-order valence-corrected chi connectivity index (χ1v) is 7.58. The summed E-state index contributed by atoms with van der Waals surface area (Å²) < 4.78 is 2.67. The molecule has 2 rings (SSSR count). The van der Waals surface area contributed by atoms with Crippen LogP contribution in [0.15, 0.2) is 34.9 Å². The van der Waals surface area contributed by atoms with Crippen LogP contribution in [0, 0.1) is 0 Å². The summed E-state index contributed by atoms with van der Waals surface area (Å²) in [7, 11) is 1.87. The zero-order valence-electron chi connectivity index (χ0n) is 13.0. The van der Waals surface area contributed by atoms with Crippen LogP contribution in [0.2, 0.25) is 0 Å². The van der Waals surface area contributed by atoms with E-state index in [1.807, 2.05) is 52.1 Å². The molecule has 0 saturated carbocycles. The van der Waals surface area contributed by atoms with Crippen LogP contribution in [0.25, 0.3) is 11.3 Å². The Morgan fingerprint density at radius 2 is 2.09 bits per heavy atom. The number of benzene rings is 1. The normalized spacial score (nSPS) is 11.3. The number of carbonyl (C=O) groups excluding carboxylic acids is 1. The highest BCUT2D eigenvalue weighted by molar-refractivity contribution is 9.10. The second-order valence-corrected chi connectivity index (χ2v) is 6.67. The van der Waals surface area contributed by atoms with Crippen LogP contribution in [0.4, 0.5) is 10.5 Å². The van der Waals surface area contributed by atoms with Crippen LogP contribution in [-0.2, 0) is 11.9 Å². The first kappa shape index (κ1) is 16.5. The van der Waals surface area contributed by atoms with Crippen LogP contribution >= 0.6 is 15.9 Å². The molecule has 118 valence electrons. The molecule has 2 aromatic rings. The molecule has 22 heavy (non-hydrogen) atoms. The SMILES string of the molecule is Cn1ncc(Br)c1-c1cccc(NC(=O)NOC(C)(C)C)c1. The van der Waals surface area contributed by atoms with Crippen molar-refractivity contribution in [2.24, 2.45) is 7.05 Å². The Balaban J connectivity index is 2.11. The van der Waals surface area contributed by atoms with E-state index in [0.29, 0.717) is 5.69 Å². The lowest BCUT2D eigenvalue weighted by molar-refractivity contribution is -0.0505. The van der Waals surface area contributed by atoms with Gasteiger partial charge in [0.2, 0.25) is 0 Å². The molecule has 2 N–H and O–H groups in total. The van der Waals surface area contributed by atoms with Gasteiger partial charge in [0.25, 0.3) is 0 Å². The van der Waals surface area contributed by atoms with Crippen molar-refractivity contribution in [3.8, 4) is 11.3 Å². The maximum absolute atomic E-state index is 11.8. The number of anilines is 1.